The molecule has 2 aromatic heterocycles. The second kappa shape index (κ2) is 5.91. The van der Waals surface area contributed by atoms with E-state index in [2.05, 4.69) is 10.1 Å². The predicted octanol–water partition coefficient (Wildman–Crippen LogP) is 2.27. The van der Waals surface area contributed by atoms with Crippen LogP contribution in [0.1, 0.15) is 5.56 Å². The van der Waals surface area contributed by atoms with Crippen LogP contribution in [0.25, 0.3) is 22.4 Å². The summed E-state index contributed by atoms with van der Waals surface area (Å²) in [4.78, 5) is 27.8. The van der Waals surface area contributed by atoms with E-state index >= 15 is 0 Å². The Morgan fingerprint density at radius 3 is 2.64 bits per heavy atom. The number of hydrogen-bond donors (Lipinski definition) is 0. The van der Waals surface area contributed by atoms with Crippen molar-refractivity contribution in [2.75, 3.05) is 0 Å². The van der Waals surface area contributed by atoms with Gasteiger partial charge in [0.15, 0.2) is 5.82 Å². The average molecular weight is 350 g/mol. The van der Waals surface area contributed by atoms with Crippen LogP contribution in [0, 0.1) is 10.1 Å². The maximum Gasteiger partial charge on any atom is 0.291 e. The van der Waals surface area contributed by atoms with Crippen LogP contribution in [0.4, 0.5) is 5.69 Å². The highest BCUT2D eigenvalue weighted by molar-refractivity contribution is 7.15. The molecule has 4 rings (SSSR count). The van der Waals surface area contributed by atoms with Crippen molar-refractivity contribution in [2.45, 2.75) is 0 Å². The Labute approximate surface area is 144 Å². The molecule has 0 radical (unpaired) electrons. The molecule has 122 valence electrons. The number of non-ortho nitro benzene ring substituents is 1. The quantitative estimate of drug-likeness (QED) is 0.418. The second-order valence-corrected chi connectivity index (χ2v) is 6.27. The number of benzene rings is 2. The lowest BCUT2D eigenvalue weighted by Gasteiger charge is -1.93. The maximum absolute atomic E-state index is 12.5. The molecular formula is C17H10N4O3S. The molecule has 0 amide bonds. The van der Waals surface area contributed by atoms with Crippen LogP contribution in [0.3, 0.4) is 0 Å². The molecule has 0 aliphatic heterocycles. The van der Waals surface area contributed by atoms with Crippen molar-refractivity contribution in [3.05, 3.63) is 85.2 Å². The molecule has 7 nitrogen and oxygen atoms in total. The van der Waals surface area contributed by atoms with Crippen LogP contribution >= 0.6 is 11.3 Å². The molecule has 25 heavy (non-hydrogen) atoms. The van der Waals surface area contributed by atoms with Gasteiger partial charge in [-0.3, -0.25) is 14.9 Å². The summed E-state index contributed by atoms with van der Waals surface area (Å²) >= 11 is 1.20. The van der Waals surface area contributed by atoms with Gasteiger partial charge in [-0.2, -0.15) is 9.50 Å². The summed E-state index contributed by atoms with van der Waals surface area (Å²) in [6.07, 6.45) is 1.61. The van der Waals surface area contributed by atoms with E-state index in [1.165, 1.54) is 28.0 Å². The molecule has 2 aromatic carbocycles. The Morgan fingerprint density at radius 2 is 1.92 bits per heavy atom. The number of thiazole rings is 1. The molecule has 0 saturated carbocycles. The van der Waals surface area contributed by atoms with Gasteiger partial charge < -0.3 is 0 Å². The highest BCUT2D eigenvalue weighted by Crippen LogP contribution is 2.16. The third-order valence-electron chi connectivity index (χ3n) is 3.59. The number of fused-ring (bicyclic) bond motifs is 1. The normalized spacial score (nSPS) is 11.9. The minimum Gasteiger partial charge on any atom is -0.266 e. The van der Waals surface area contributed by atoms with Gasteiger partial charge in [-0.15, -0.1) is 5.10 Å². The highest BCUT2D eigenvalue weighted by Gasteiger charge is 2.12. The van der Waals surface area contributed by atoms with Gasteiger partial charge in [-0.25, -0.2) is 0 Å². The molecule has 8 heteroatoms. The third kappa shape index (κ3) is 2.79. The zero-order valence-corrected chi connectivity index (χ0v) is 13.5. The second-order valence-electron chi connectivity index (χ2n) is 5.26. The standard InChI is InChI=1S/C17H10N4O3S/c22-16-14(10-11-5-4-8-13(9-11)21(23)24)25-17-18-15(19-20(16)17)12-6-2-1-3-7-12/h1-10H. The summed E-state index contributed by atoms with van der Waals surface area (Å²) in [6.45, 7) is 0. The summed E-state index contributed by atoms with van der Waals surface area (Å²) in [5.74, 6) is 0.492. The average Bonchev–Trinajstić information content (AvgIpc) is 3.16. The lowest BCUT2D eigenvalue weighted by molar-refractivity contribution is -0.384. The van der Waals surface area contributed by atoms with E-state index in [9.17, 15) is 14.9 Å². The number of aromatic nitrogens is 3. The van der Waals surface area contributed by atoms with Gasteiger partial charge in [0.2, 0.25) is 4.96 Å². The van der Waals surface area contributed by atoms with Gasteiger partial charge in [0, 0.05) is 17.7 Å². The van der Waals surface area contributed by atoms with Gasteiger partial charge in [-0.1, -0.05) is 53.8 Å². The molecule has 2 heterocycles. The van der Waals surface area contributed by atoms with E-state index in [0.717, 1.165) is 5.56 Å². The monoisotopic (exact) mass is 350 g/mol. The van der Waals surface area contributed by atoms with Crippen molar-refractivity contribution in [2.24, 2.45) is 0 Å². The summed E-state index contributed by atoms with van der Waals surface area (Å²) in [7, 11) is 0. The molecule has 0 spiro atoms. The van der Waals surface area contributed by atoms with Crippen LogP contribution in [-0.4, -0.2) is 19.5 Å². The van der Waals surface area contributed by atoms with Gasteiger partial charge in [0.25, 0.3) is 11.2 Å². The van der Waals surface area contributed by atoms with E-state index < -0.39 is 4.92 Å². The maximum atomic E-state index is 12.5. The molecule has 0 atom stereocenters. The fourth-order valence-electron chi connectivity index (χ4n) is 2.42. The van der Waals surface area contributed by atoms with Gasteiger partial charge >= 0.3 is 0 Å². The zero-order valence-electron chi connectivity index (χ0n) is 12.7. The van der Waals surface area contributed by atoms with Gasteiger partial charge in [0.1, 0.15) is 0 Å². The first-order valence-electron chi connectivity index (χ1n) is 7.33. The van der Waals surface area contributed by atoms with E-state index in [-0.39, 0.29) is 11.2 Å². The molecule has 4 aromatic rings. The lowest BCUT2D eigenvalue weighted by Crippen LogP contribution is -2.23. The summed E-state index contributed by atoms with van der Waals surface area (Å²) < 4.78 is 1.69. The van der Waals surface area contributed by atoms with E-state index in [1.54, 1.807) is 18.2 Å². The summed E-state index contributed by atoms with van der Waals surface area (Å²) in [5.41, 5.74) is 1.11. The van der Waals surface area contributed by atoms with Crippen LogP contribution < -0.4 is 10.1 Å². The van der Waals surface area contributed by atoms with Crippen molar-refractivity contribution in [1.82, 2.24) is 14.6 Å². The Kier molecular flexibility index (Phi) is 3.58. The Balaban J connectivity index is 1.81. The van der Waals surface area contributed by atoms with Crippen molar-refractivity contribution in [1.29, 1.82) is 0 Å². The minimum absolute atomic E-state index is 0.0213. The van der Waals surface area contributed by atoms with Crippen LogP contribution in [-0.2, 0) is 0 Å². The molecule has 0 saturated heterocycles. The zero-order chi connectivity index (χ0) is 17.4. The SMILES string of the molecule is O=c1c(=Cc2cccc([N+](=O)[O-])c2)sc2nc(-c3ccccc3)nn12. The molecule has 0 bridgehead atoms. The van der Waals surface area contributed by atoms with Crippen molar-refractivity contribution in [3.8, 4) is 11.4 Å². The van der Waals surface area contributed by atoms with Crippen LogP contribution in [0.2, 0.25) is 0 Å². The first kappa shape index (κ1) is 15.2. The van der Waals surface area contributed by atoms with E-state index in [1.807, 2.05) is 30.3 Å². The largest absolute Gasteiger partial charge is 0.291 e. The summed E-state index contributed by atoms with van der Waals surface area (Å²) in [5, 5.41) is 15.1. The Bertz CT molecular complexity index is 1200. The van der Waals surface area contributed by atoms with E-state index in [0.29, 0.717) is 20.9 Å². The topological polar surface area (TPSA) is 90.4 Å². The van der Waals surface area contributed by atoms with E-state index in [4.69, 9.17) is 0 Å². The molecule has 0 unspecified atom stereocenters. The van der Waals surface area contributed by atoms with Crippen molar-refractivity contribution >= 4 is 28.1 Å². The highest BCUT2D eigenvalue weighted by atomic mass is 32.1. The van der Waals surface area contributed by atoms with Crippen molar-refractivity contribution < 1.29 is 4.92 Å². The van der Waals surface area contributed by atoms with Gasteiger partial charge in [0.05, 0.1) is 9.46 Å². The molecule has 0 aliphatic rings. The first-order chi connectivity index (χ1) is 12.1. The number of nitrogens with zero attached hydrogens (tertiary/aromatic N) is 4. The number of nitro benzene ring substituents is 1. The Morgan fingerprint density at radius 1 is 1.12 bits per heavy atom. The first-order valence-corrected chi connectivity index (χ1v) is 8.15. The Hall–Kier alpha value is -3.39. The third-order valence-corrected chi connectivity index (χ3v) is 4.55. The smallest absolute Gasteiger partial charge is 0.266 e. The minimum atomic E-state index is -0.468. The molecule has 0 fully saturated rings. The van der Waals surface area contributed by atoms with Crippen molar-refractivity contribution in [3.63, 3.8) is 0 Å². The fourth-order valence-corrected chi connectivity index (χ4v) is 3.33. The van der Waals surface area contributed by atoms with Crippen LogP contribution in [0.15, 0.2) is 59.4 Å². The number of nitro groups is 1. The van der Waals surface area contributed by atoms with Crippen LogP contribution in [0.5, 0.6) is 0 Å². The summed E-state index contributed by atoms with van der Waals surface area (Å²) in [6, 6.07) is 15.5. The lowest BCUT2D eigenvalue weighted by atomic mass is 10.2. The molecule has 0 aliphatic carbocycles. The molecular weight excluding hydrogens is 340 g/mol. The molecule has 0 N–H and O–H groups in total. The van der Waals surface area contributed by atoms with Gasteiger partial charge in [-0.05, 0) is 11.6 Å². The fraction of sp³-hybridized carbons (Fsp3) is 0. The number of hydrogen-bond acceptors (Lipinski definition) is 6. The predicted molar refractivity (Wildman–Crippen MR) is 94.5 cm³/mol. The number of rotatable bonds is 3.